The fraction of sp³-hybridized carbons (Fsp3) is 0.333. The van der Waals surface area contributed by atoms with E-state index in [2.05, 4.69) is 91.8 Å². The molecule has 6 heteroatoms. The molecule has 3 aromatic carbocycles. The number of carboxylic acids is 1. The SMILES string of the molecule is CCC(CC)c1ccc(N(Cc2ccc(-c3csc(CNCc4ccc(C(=O)O)cc4)n3)cc2)C(C)C)cc1. The molecule has 0 radical (unpaired) electrons. The van der Waals surface area contributed by atoms with Gasteiger partial charge in [0.05, 0.1) is 11.3 Å². The molecular weight excluding hydrogens is 502 g/mol. The first-order valence-corrected chi connectivity index (χ1v) is 14.7. The van der Waals surface area contributed by atoms with Gasteiger partial charge in [0.15, 0.2) is 0 Å². The number of thiazole rings is 1. The van der Waals surface area contributed by atoms with E-state index in [9.17, 15) is 4.79 Å². The average Bonchev–Trinajstić information content (AvgIpc) is 3.42. The standard InChI is InChI=1S/C33H39N3O2S/c1-5-26(6-2)27-15-17-30(18-16-27)36(23(3)4)21-25-9-11-28(12-10-25)31-22-39-32(35-31)20-34-19-24-7-13-29(14-8-24)33(37)38/h7-18,22-23,26,34H,5-6,19-21H2,1-4H3,(H,37,38). The summed E-state index contributed by atoms with van der Waals surface area (Å²) >= 11 is 1.65. The lowest BCUT2D eigenvalue weighted by molar-refractivity contribution is 0.0697. The van der Waals surface area contributed by atoms with Crippen LogP contribution in [0.3, 0.4) is 0 Å². The van der Waals surface area contributed by atoms with E-state index < -0.39 is 5.97 Å². The minimum Gasteiger partial charge on any atom is -0.478 e. The van der Waals surface area contributed by atoms with Crippen LogP contribution in [0.4, 0.5) is 5.69 Å². The highest BCUT2D eigenvalue weighted by molar-refractivity contribution is 7.09. The van der Waals surface area contributed by atoms with Crippen LogP contribution in [0, 0.1) is 0 Å². The molecule has 0 aliphatic heterocycles. The number of nitrogens with zero attached hydrogens (tertiary/aromatic N) is 2. The summed E-state index contributed by atoms with van der Waals surface area (Å²) in [6.45, 7) is 11.2. The van der Waals surface area contributed by atoms with Crippen LogP contribution in [-0.4, -0.2) is 22.1 Å². The first-order valence-electron chi connectivity index (χ1n) is 13.8. The van der Waals surface area contributed by atoms with E-state index in [0.717, 1.165) is 28.4 Å². The molecule has 0 aliphatic carbocycles. The molecule has 204 valence electrons. The first kappa shape index (κ1) is 28.5. The number of aromatic carboxylic acids is 1. The van der Waals surface area contributed by atoms with Crippen molar-refractivity contribution in [2.45, 2.75) is 72.1 Å². The molecule has 0 amide bonds. The average molecular weight is 542 g/mol. The van der Waals surface area contributed by atoms with E-state index in [1.807, 2.05) is 12.1 Å². The van der Waals surface area contributed by atoms with Gasteiger partial charge in [0.25, 0.3) is 0 Å². The first-order chi connectivity index (χ1) is 18.9. The predicted molar refractivity (Wildman–Crippen MR) is 163 cm³/mol. The molecule has 39 heavy (non-hydrogen) atoms. The Balaban J connectivity index is 1.34. The molecule has 1 aromatic heterocycles. The summed E-state index contributed by atoms with van der Waals surface area (Å²) in [6, 6.07) is 25.3. The molecule has 0 saturated heterocycles. The highest BCUT2D eigenvalue weighted by Gasteiger charge is 2.14. The largest absolute Gasteiger partial charge is 0.478 e. The summed E-state index contributed by atoms with van der Waals surface area (Å²) in [5.74, 6) is -0.267. The van der Waals surface area contributed by atoms with E-state index in [0.29, 0.717) is 30.6 Å². The third-order valence-corrected chi connectivity index (χ3v) is 8.11. The number of hydrogen-bond acceptors (Lipinski definition) is 5. The van der Waals surface area contributed by atoms with Crippen LogP contribution in [0.2, 0.25) is 0 Å². The summed E-state index contributed by atoms with van der Waals surface area (Å²) in [5.41, 5.74) is 7.44. The van der Waals surface area contributed by atoms with E-state index in [1.165, 1.54) is 29.7 Å². The maximum atomic E-state index is 11.0. The van der Waals surface area contributed by atoms with Crippen molar-refractivity contribution < 1.29 is 9.90 Å². The van der Waals surface area contributed by atoms with Gasteiger partial charge in [-0.1, -0.05) is 62.4 Å². The number of rotatable bonds is 13. The minimum atomic E-state index is -0.905. The summed E-state index contributed by atoms with van der Waals surface area (Å²) in [6.07, 6.45) is 2.36. The number of carbonyl (C=O) groups is 1. The second kappa shape index (κ2) is 13.5. The molecule has 0 saturated carbocycles. The van der Waals surface area contributed by atoms with Crippen molar-refractivity contribution in [1.29, 1.82) is 0 Å². The molecule has 0 fully saturated rings. The Labute approximate surface area is 236 Å². The quantitative estimate of drug-likeness (QED) is 0.179. The van der Waals surface area contributed by atoms with Gasteiger partial charge in [-0.3, -0.25) is 0 Å². The second-order valence-electron chi connectivity index (χ2n) is 10.3. The topological polar surface area (TPSA) is 65.5 Å². The molecule has 0 bridgehead atoms. The monoisotopic (exact) mass is 541 g/mol. The van der Waals surface area contributed by atoms with Crippen molar-refractivity contribution in [2.75, 3.05) is 4.90 Å². The van der Waals surface area contributed by atoms with Gasteiger partial charge in [-0.25, -0.2) is 9.78 Å². The maximum absolute atomic E-state index is 11.0. The lowest BCUT2D eigenvalue weighted by Gasteiger charge is -2.30. The zero-order valence-corrected chi connectivity index (χ0v) is 24.2. The van der Waals surface area contributed by atoms with Crippen molar-refractivity contribution in [2.24, 2.45) is 0 Å². The number of nitrogens with one attached hydrogen (secondary N) is 1. The van der Waals surface area contributed by atoms with Crippen LogP contribution in [0.5, 0.6) is 0 Å². The number of hydrogen-bond donors (Lipinski definition) is 2. The van der Waals surface area contributed by atoms with E-state index in [1.54, 1.807) is 23.5 Å². The fourth-order valence-electron chi connectivity index (χ4n) is 4.85. The summed E-state index contributed by atoms with van der Waals surface area (Å²) in [7, 11) is 0. The van der Waals surface area contributed by atoms with Crippen LogP contribution in [0.1, 0.15) is 78.5 Å². The number of carboxylic acid groups (broad SMARTS) is 1. The third-order valence-electron chi connectivity index (χ3n) is 7.27. The molecule has 1 heterocycles. The van der Waals surface area contributed by atoms with Crippen molar-refractivity contribution >= 4 is 23.0 Å². The number of anilines is 1. The summed E-state index contributed by atoms with van der Waals surface area (Å²) < 4.78 is 0. The summed E-state index contributed by atoms with van der Waals surface area (Å²) in [5, 5.41) is 15.6. The van der Waals surface area contributed by atoms with Gasteiger partial charge >= 0.3 is 5.97 Å². The molecule has 0 unspecified atom stereocenters. The van der Waals surface area contributed by atoms with Crippen LogP contribution in [-0.2, 0) is 19.6 Å². The van der Waals surface area contributed by atoms with Gasteiger partial charge in [-0.05, 0) is 73.6 Å². The highest BCUT2D eigenvalue weighted by Crippen LogP contribution is 2.28. The molecule has 5 nitrogen and oxygen atoms in total. The Morgan fingerprint density at radius 2 is 1.54 bits per heavy atom. The lowest BCUT2D eigenvalue weighted by Crippen LogP contribution is -2.30. The van der Waals surface area contributed by atoms with Crippen LogP contribution in [0.15, 0.2) is 78.2 Å². The number of benzene rings is 3. The Kier molecular flexibility index (Phi) is 9.90. The fourth-order valence-corrected chi connectivity index (χ4v) is 5.62. The zero-order valence-electron chi connectivity index (χ0n) is 23.4. The van der Waals surface area contributed by atoms with Crippen LogP contribution in [0.25, 0.3) is 11.3 Å². The Morgan fingerprint density at radius 3 is 2.13 bits per heavy atom. The van der Waals surface area contributed by atoms with Gasteiger partial charge in [-0.2, -0.15) is 0 Å². The van der Waals surface area contributed by atoms with Crippen molar-refractivity contribution in [3.63, 3.8) is 0 Å². The Bertz CT molecular complexity index is 1320. The lowest BCUT2D eigenvalue weighted by atomic mass is 9.94. The predicted octanol–water partition coefficient (Wildman–Crippen LogP) is 8.12. The molecule has 4 rings (SSSR count). The molecule has 2 N–H and O–H groups in total. The van der Waals surface area contributed by atoms with Crippen molar-refractivity contribution in [3.05, 3.63) is 105 Å². The zero-order chi connectivity index (χ0) is 27.8. The summed E-state index contributed by atoms with van der Waals surface area (Å²) in [4.78, 5) is 18.3. The molecule has 0 spiro atoms. The molecular formula is C33H39N3O2S. The second-order valence-corrected chi connectivity index (χ2v) is 11.2. The Hall–Kier alpha value is -3.48. The smallest absolute Gasteiger partial charge is 0.335 e. The van der Waals surface area contributed by atoms with E-state index in [-0.39, 0.29) is 0 Å². The van der Waals surface area contributed by atoms with Gasteiger partial charge in [0.2, 0.25) is 0 Å². The van der Waals surface area contributed by atoms with Crippen molar-refractivity contribution in [1.82, 2.24) is 10.3 Å². The van der Waals surface area contributed by atoms with Gasteiger partial charge in [-0.15, -0.1) is 11.3 Å². The third kappa shape index (κ3) is 7.55. The Morgan fingerprint density at radius 1 is 0.897 bits per heavy atom. The molecule has 0 atom stereocenters. The van der Waals surface area contributed by atoms with Gasteiger partial charge in [0, 0.05) is 42.3 Å². The normalized spacial score (nSPS) is 11.3. The molecule has 0 aliphatic rings. The van der Waals surface area contributed by atoms with Crippen LogP contribution >= 0.6 is 11.3 Å². The van der Waals surface area contributed by atoms with Crippen LogP contribution < -0.4 is 10.2 Å². The number of aromatic nitrogens is 1. The highest BCUT2D eigenvalue weighted by atomic mass is 32.1. The van der Waals surface area contributed by atoms with Gasteiger partial charge < -0.3 is 15.3 Å². The van der Waals surface area contributed by atoms with E-state index in [4.69, 9.17) is 10.1 Å². The minimum absolute atomic E-state index is 0.303. The maximum Gasteiger partial charge on any atom is 0.335 e. The van der Waals surface area contributed by atoms with Crippen molar-refractivity contribution in [3.8, 4) is 11.3 Å². The molecule has 4 aromatic rings. The van der Waals surface area contributed by atoms with Gasteiger partial charge in [0.1, 0.15) is 5.01 Å². The van der Waals surface area contributed by atoms with E-state index >= 15 is 0 Å².